The largest absolute Gasteiger partial charge is 0.337 e. The Morgan fingerprint density at radius 2 is 1.94 bits per heavy atom. The zero-order valence-electron chi connectivity index (χ0n) is 9.45. The molecule has 1 aliphatic rings. The third-order valence-electron chi connectivity index (χ3n) is 2.99. The van der Waals surface area contributed by atoms with Gasteiger partial charge in [-0.1, -0.05) is 12.8 Å². The molecule has 2 heterocycles. The van der Waals surface area contributed by atoms with E-state index in [1.165, 1.54) is 12.8 Å². The molecule has 0 spiro atoms. The fourth-order valence-electron chi connectivity index (χ4n) is 2.07. The summed E-state index contributed by atoms with van der Waals surface area (Å²) in [6.45, 7) is 1.74. The van der Waals surface area contributed by atoms with Gasteiger partial charge in [-0.25, -0.2) is 0 Å². The van der Waals surface area contributed by atoms with Crippen LogP contribution < -0.4 is 0 Å². The molecule has 1 saturated heterocycles. The van der Waals surface area contributed by atoms with Crippen molar-refractivity contribution >= 4 is 21.8 Å². The number of aryl methyl sites for hydroxylation is 1. The minimum Gasteiger partial charge on any atom is -0.337 e. The highest BCUT2D eigenvalue weighted by Gasteiger charge is 2.22. The monoisotopic (exact) mass is 285 g/mol. The van der Waals surface area contributed by atoms with Crippen molar-refractivity contribution in [2.75, 3.05) is 13.1 Å². The Labute approximate surface area is 104 Å². The molecule has 0 saturated carbocycles. The highest BCUT2D eigenvalue weighted by atomic mass is 79.9. The Balaban J connectivity index is 2.17. The van der Waals surface area contributed by atoms with Crippen LogP contribution in [-0.2, 0) is 7.05 Å². The van der Waals surface area contributed by atoms with Crippen molar-refractivity contribution in [3.63, 3.8) is 0 Å². The summed E-state index contributed by atoms with van der Waals surface area (Å²) in [6, 6.07) is 0. The summed E-state index contributed by atoms with van der Waals surface area (Å²) in [5, 5.41) is 4.08. The van der Waals surface area contributed by atoms with Crippen LogP contribution in [0.3, 0.4) is 0 Å². The van der Waals surface area contributed by atoms with E-state index in [-0.39, 0.29) is 5.91 Å². The van der Waals surface area contributed by atoms with Crippen LogP contribution >= 0.6 is 15.9 Å². The van der Waals surface area contributed by atoms with Gasteiger partial charge in [0.15, 0.2) is 0 Å². The zero-order valence-corrected chi connectivity index (χ0v) is 11.0. The molecule has 0 atom stereocenters. The van der Waals surface area contributed by atoms with Gasteiger partial charge in [0, 0.05) is 20.1 Å². The third kappa shape index (κ3) is 2.29. The van der Waals surface area contributed by atoms with Gasteiger partial charge in [0.1, 0.15) is 5.69 Å². The number of amides is 1. The molecule has 5 heteroatoms. The molecule has 0 aromatic carbocycles. The lowest BCUT2D eigenvalue weighted by molar-refractivity contribution is 0.0749. The van der Waals surface area contributed by atoms with Crippen LogP contribution in [0.1, 0.15) is 36.2 Å². The molecule has 1 aromatic heterocycles. The first-order valence-corrected chi connectivity index (χ1v) is 6.46. The molecule has 0 bridgehead atoms. The van der Waals surface area contributed by atoms with Gasteiger partial charge in [0.05, 0.1) is 10.7 Å². The predicted octanol–water partition coefficient (Wildman–Crippen LogP) is 2.20. The van der Waals surface area contributed by atoms with Crippen molar-refractivity contribution in [3.05, 3.63) is 16.4 Å². The summed E-state index contributed by atoms with van der Waals surface area (Å²) < 4.78 is 2.42. The fourth-order valence-corrected chi connectivity index (χ4v) is 2.59. The maximum absolute atomic E-state index is 12.3. The molecular weight excluding hydrogens is 270 g/mol. The summed E-state index contributed by atoms with van der Waals surface area (Å²) >= 11 is 3.37. The number of rotatable bonds is 1. The molecule has 1 aromatic rings. The molecule has 1 aliphatic heterocycles. The lowest BCUT2D eigenvalue weighted by atomic mass is 10.2. The van der Waals surface area contributed by atoms with Crippen molar-refractivity contribution in [3.8, 4) is 0 Å². The predicted molar refractivity (Wildman–Crippen MR) is 65.3 cm³/mol. The summed E-state index contributed by atoms with van der Waals surface area (Å²) in [4.78, 5) is 14.2. The number of likely N-dealkylation sites (tertiary alicyclic amines) is 1. The second-order valence-corrected chi connectivity index (χ2v) is 5.03. The Morgan fingerprint density at radius 3 is 2.44 bits per heavy atom. The van der Waals surface area contributed by atoms with E-state index in [9.17, 15) is 4.79 Å². The van der Waals surface area contributed by atoms with E-state index in [2.05, 4.69) is 21.0 Å². The zero-order chi connectivity index (χ0) is 11.5. The number of nitrogens with zero attached hydrogens (tertiary/aromatic N) is 3. The number of aromatic nitrogens is 2. The molecule has 1 fully saturated rings. The Bertz CT molecular complexity index is 361. The molecule has 1 amide bonds. The lowest BCUT2D eigenvalue weighted by Gasteiger charge is -2.20. The van der Waals surface area contributed by atoms with Crippen molar-refractivity contribution in [2.24, 2.45) is 7.05 Å². The molecule has 0 radical (unpaired) electrons. The highest BCUT2D eigenvalue weighted by Crippen LogP contribution is 2.19. The van der Waals surface area contributed by atoms with Crippen LogP contribution in [0, 0.1) is 0 Å². The van der Waals surface area contributed by atoms with E-state index >= 15 is 0 Å². The van der Waals surface area contributed by atoms with Crippen molar-refractivity contribution in [1.29, 1.82) is 0 Å². The Kier molecular flexibility index (Phi) is 3.63. The van der Waals surface area contributed by atoms with Crippen LogP contribution in [0.5, 0.6) is 0 Å². The van der Waals surface area contributed by atoms with Gasteiger partial charge in [-0.05, 0) is 28.8 Å². The van der Waals surface area contributed by atoms with Gasteiger partial charge in [-0.3, -0.25) is 9.48 Å². The number of hydrogen-bond acceptors (Lipinski definition) is 2. The minimum absolute atomic E-state index is 0.0915. The number of hydrogen-bond donors (Lipinski definition) is 0. The third-order valence-corrected chi connectivity index (χ3v) is 3.57. The average Bonchev–Trinajstić information content (AvgIpc) is 2.51. The standard InChI is InChI=1S/C11H16BrN3O/c1-14-10(9(12)8-13-14)11(16)15-6-4-2-3-5-7-15/h8H,2-7H2,1H3. The van der Waals surface area contributed by atoms with Gasteiger partial charge < -0.3 is 4.90 Å². The second-order valence-electron chi connectivity index (χ2n) is 4.17. The van der Waals surface area contributed by atoms with E-state index in [1.54, 1.807) is 17.9 Å². The molecule has 0 aliphatic carbocycles. The number of carbonyl (C=O) groups excluding carboxylic acids is 1. The summed E-state index contributed by atoms with van der Waals surface area (Å²) in [7, 11) is 1.80. The van der Waals surface area contributed by atoms with Crippen molar-refractivity contribution in [1.82, 2.24) is 14.7 Å². The highest BCUT2D eigenvalue weighted by molar-refractivity contribution is 9.10. The van der Waals surface area contributed by atoms with E-state index < -0.39 is 0 Å². The van der Waals surface area contributed by atoms with Crippen LogP contribution in [0.25, 0.3) is 0 Å². The first kappa shape index (κ1) is 11.6. The molecule has 16 heavy (non-hydrogen) atoms. The molecule has 0 N–H and O–H groups in total. The average molecular weight is 286 g/mol. The second kappa shape index (κ2) is 4.99. The minimum atomic E-state index is 0.0915. The molecule has 2 rings (SSSR count). The smallest absolute Gasteiger partial charge is 0.273 e. The summed E-state index contributed by atoms with van der Waals surface area (Å²) in [5.74, 6) is 0.0915. The van der Waals surface area contributed by atoms with Gasteiger partial charge in [0.2, 0.25) is 0 Å². The quantitative estimate of drug-likeness (QED) is 0.793. The van der Waals surface area contributed by atoms with Gasteiger partial charge >= 0.3 is 0 Å². The summed E-state index contributed by atoms with van der Waals surface area (Å²) in [6.07, 6.45) is 6.36. The molecule has 0 unspecified atom stereocenters. The van der Waals surface area contributed by atoms with Crippen LogP contribution in [0.4, 0.5) is 0 Å². The van der Waals surface area contributed by atoms with E-state index in [1.807, 2.05) is 4.90 Å². The topological polar surface area (TPSA) is 38.1 Å². The van der Waals surface area contributed by atoms with Gasteiger partial charge in [0.25, 0.3) is 5.91 Å². The Morgan fingerprint density at radius 1 is 1.31 bits per heavy atom. The fraction of sp³-hybridized carbons (Fsp3) is 0.636. The maximum Gasteiger partial charge on any atom is 0.273 e. The van der Waals surface area contributed by atoms with Crippen molar-refractivity contribution < 1.29 is 4.79 Å². The first-order valence-electron chi connectivity index (χ1n) is 5.67. The van der Waals surface area contributed by atoms with E-state index in [4.69, 9.17) is 0 Å². The van der Waals surface area contributed by atoms with Crippen LogP contribution in [0.15, 0.2) is 10.7 Å². The number of halogens is 1. The van der Waals surface area contributed by atoms with Gasteiger partial charge in [-0.2, -0.15) is 5.10 Å². The van der Waals surface area contributed by atoms with E-state index in [0.29, 0.717) is 5.69 Å². The summed E-state index contributed by atoms with van der Waals surface area (Å²) in [5.41, 5.74) is 0.655. The Hall–Kier alpha value is -0.840. The van der Waals surface area contributed by atoms with E-state index in [0.717, 1.165) is 30.4 Å². The first-order chi connectivity index (χ1) is 7.70. The number of carbonyl (C=O) groups is 1. The normalized spacial score (nSPS) is 17.2. The van der Waals surface area contributed by atoms with Crippen molar-refractivity contribution in [2.45, 2.75) is 25.7 Å². The SMILES string of the molecule is Cn1ncc(Br)c1C(=O)N1CCCCCC1. The lowest BCUT2D eigenvalue weighted by Crippen LogP contribution is -2.33. The molecular formula is C11H16BrN3O. The molecule has 4 nitrogen and oxygen atoms in total. The molecule has 88 valence electrons. The van der Waals surface area contributed by atoms with Crippen LogP contribution in [0.2, 0.25) is 0 Å². The van der Waals surface area contributed by atoms with Gasteiger partial charge in [-0.15, -0.1) is 0 Å². The maximum atomic E-state index is 12.3. The van der Waals surface area contributed by atoms with Crippen LogP contribution in [-0.4, -0.2) is 33.7 Å².